The summed E-state index contributed by atoms with van der Waals surface area (Å²) in [7, 11) is 0. The summed E-state index contributed by atoms with van der Waals surface area (Å²) >= 11 is 0. The predicted octanol–water partition coefficient (Wildman–Crippen LogP) is 2.69. The van der Waals surface area contributed by atoms with Crippen LogP contribution in [0.4, 0.5) is 0 Å². The Morgan fingerprint density at radius 1 is 0.879 bits per heavy atom. The van der Waals surface area contributed by atoms with Gasteiger partial charge in [-0.25, -0.2) is 0 Å². The number of nitrogens with two attached hydrogens (primary N) is 1. The molecule has 3 N–H and O–H groups in total. The number of hydrogen-bond donors (Lipinski definition) is 2. The third-order valence-electron chi connectivity index (χ3n) is 9.62. The van der Waals surface area contributed by atoms with Crippen molar-refractivity contribution in [1.29, 1.82) is 0 Å². The van der Waals surface area contributed by atoms with Gasteiger partial charge in [0.2, 0.25) is 11.8 Å². The normalized spacial score (nSPS) is 41.1. The molecule has 0 aromatic heterocycles. The first-order valence-corrected chi connectivity index (χ1v) is 13.6. The second-order valence-electron chi connectivity index (χ2n) is 12.0. The SMILES string of the molecule is CC1CC(C2CCCC(C3CCC(C(=O)N4CCN(C(=O)C5(N)CC5)CC4)C(C)C3)C2)NO1. The van der Waals surface area contributed by atoms with Crippen LogP contribution >= 0.6 is 0 Å². The Balaban J connectivity index is 1.10. The predicted molar refractivity (Wildman–Crippen MR) is 127 cm³/mol. The van der Waals surface area contributed by atoms with Gasteiger partial charge in [0.25, 0.3) is 0 Å². The van der Waals surface area contributed by atoms with Crippen LogP contribution in [0.5, 0.6) is 0 Å². The molecule has 3 aliphatic carbocycles. The molecule has 5 aliphatic rings. The minimum absolute atomic E-state index is 0.0862. The van der Waals surface area contributed by atoms with Crippen LogP contribution in [-0.2, 0) is 14.4 Å². The van der Waals surface area contributed by atoms with E-state index in [1.807, 2.05) is 9.80 Å². The van der Waals surface area contributed by atoms with Crippen LogP contribution in [-0.4, -0.2) is 65.5 Å². The van der Waals surface area contributed by atoms with Crippen LogP contribution in [0.2, 0.25) is 0 Å². The number of amides is 2. The molecule has 2 heterocycles. The van der Waals surface area contributed by atoms with Gasteiger partial charge in [0.1, 0.15) is 0 Å². The summed E-state index contributed by atoms with van der Waals surface area (Å²) < 4.78 is 0. The van der Waals surface area contributed by atoms with Crippen molar-refractivity contribution < 1.29 is 14.4 Å². The Bertz CT molecular complexity index is 733. The monoisotopic (exact) mass is 460 g/mol. The number of hydroxylamine groups is 1. The third kappa shape index (κ3) is 4.96. The summed E-state index contributed by atoms with van der Waals surface area (Å²) in [5.74, 6) is 3.32. The summed E-state index contributed by atoms with van der Waals surface area (Å²) in [5, 5.41) is 0. The maximum Gasteiger partial charge on any atom is 0.242 e. The zero-order valence-corrected chi connectivity index (χ0v) is 20.6. The smallest absolute Gasteiger partial charge is 0.242 e. The van der Waals surface area contributed by atoms with E-state index >= 15 is 0 Å². The van der Waals surface area contributed by atoms with Crippen molar-refractivity contribution >= 4 is 11.8 Å². The highest BCUT2D eigenvalue weighted by molar-refractivity contribution is 5.89. The van der Waals surface area contributed by atoms with Gasteiger partial charge in [0, 0.05) is 38.1 Å². The van der Waals surface area contributed by atoms with Gasteiger partial charge in [-0.1, -0.05) is 19.8 Å². The van der Waals surface area contributed by atoms with Gasteiger partial charge in [-0.2, -0.15) is 5.48 Å². The highest BCUT2D eigenvalue weighted by atomic mass is 16.7. The highest BCUT2D eigenvalue weighted by Gasteiger charge is 2.49. The molecule has 0 aromatic carbocycles. The van der Waals surface area contributed by atoms with Crippen molar-refractivity contribution in [1.82, 2.24) is 15.3 Å². The van der Waals surface area contributed by atoms with Gasteiger partial charge >= 0.3 is 0 Å². The molecule has 0 aromatic rings. The fraction of sp³-hybridized carbons (Fsp3) is 0.923. The standard InChI is InChI=1S/C26H44N4O3/c1-17-14-20(19-4-3-5-21(16-19)23-15-18(2)33-28-23)6-7-22(17)24(31)29-10-12-30(13-11-29)25(32)26(27)8-9-26/h17-23,28H,3-16,27H2,1-2H3. The van der Waals surface area contributed by atoms with Crippen LogP contribution in [0, 0.1) is 29.6 Å². The summed E-state index contributed by atoms with van der Waals surface area (Å²) in [6, 6.07) is 0.526. The highest BCUT2D eigenvalue weighted by Crippen LogP contribution is 2.45. The van der Waals surface area contributed by atoms with E-state index in [1.165, 1.54) is 38.5 Å². The molecule has 2 amide bonds. The molecule has 33 heavy (non-hydrogen) atoms. The van der Waals surface area contributed by atoms with Crippen LogP contribution in [0.25, 0.3) is 0 Å². The molecule has 0 radical (unpaired) electrons. The number of piperazine rings is 1. The average Bonchev–Trinajstić information content (AvgIpc) is 3.44. The largest absolute Gasteiger partial charge is 0.339 e. The maximum absolute atomic E-state index is 13.4. The molecule has 2 saturated heterocycles. The van der Waals surface area contributed by atoms with Gasteiger partial charge < -0.3 is 15.5 Å². The van der Waals surface area contributed by atoms with Gasteiger partial charge in [0.15, 0.2) is 0 Å². The van der Waals surface area contributed by atoms with E-state index in [9.17, 15) is 9.59 Å². The maximum atomic E-state index is 13.4. The summed E-state index contributed by atoms with van der Waals surface area (Å²) in [6.07, 6.45) is 11.8. The van der Waals surface area contributed by atoms with E-state index in [2.05, 4.69) is 19.3 Å². The van der Waals surface area contributed by atoms with Crippen molar-refractivity contribution in [3.8, 4) is 0 Å². The minimum atomic E-state index is -0.601. The molecule has 7 atom stereocenters. The Kier molecular flexibility index (Phi) is 6.75. The van der Waals surface area contributed by atoms with E-state index in [-0.39, 0.29) is 11.8 Å². The fourth-order valence-corrected chi connectivity index (χ4v) is 7.27. The molecule has 186 valence electrons. The molecule has 7 heteroatoms. The number of carbonyl (C=O) groups excluding carboxylic acids is 2. The van der Waals surface area contributed by atoms with E-state index in [0.717, 1.165) is 43.4 Å². The quantitative estimate of drug-likeness (QED) is 0.674. The number of carbonyl (C=O) groups is 2. The molecular weight excluding hydrogens is 416 g/mol. The summed E-state index contributed by atoms with van der Waals surface area (Å²) in [5.41, 5.74) is 8.80. The van der Waals surface area contributed by atoms with E-state index in [1.54, 1.807) is 0 Å². The second-order valence-corrected chi connectivity index (χ2v) is 12.0. The molecule has 0 spiro atoms. The number of rotatable bonds is 4. The van der Waals surface area contributed by atoms with Crippen molar-refractivity contribution in [3.05, 3.63) is 0 Å². The molecule has 0 bridgehead atoms. The molecule has 5 fully saturated rings. The lowest BCUT2D eigenvalue weighted by Gasteiger charge is -2.43. The molecule has 2 aliphatic heterocycles. The van der Waals surface area contributed by atoms with Crippen LogP contribution < -0.4 is 11.2 Å². The third-order valence-corrected chi connectivity index (χ3v) is 9.62. The molecule has 7 nitrogen and oxygen atoms in total. The second kappa shape index (κ2) is 9.46. The lowest BCUT2D eigenvalue weighted by Crippen LogP contribution is -2.56. The first-order chi connectivity index (χ1) is 15.8. The Hall–Kier alpha value is -1.18. The molecular formula is C26H44N4O3. The fourth-order valence-electron chi connectivity index (χ4n) is 7.27. The first kappa shape index (κ1) is 23.6. The van der Waals surface area contributed by atoms with Gasteiger partial charge in [0.05, 0.1) is 11.6 Å². The topological polar surface area (TPSA) is 87.9 Å². The van der Waals surface area contributed by atoms with Gasteiger partial charge in [-0.05, 0) is 82.0 Å². The Morgan fingerprint density at radius 3 is 2.18 bits per heavy atom. The molecule has 5 rings (SSSR count). The number of nitrogens with one attached hydrogen (secondary N) is 1. The molecule has 3 saturated carbocycles. The van der Waals surface area contributed by atoms with Crippen molar-refractivity contribution in [2.75, 3.05) is 26.2 Å². The van der Waals surface area contributed by atoms with E-state index in [4.69, 9.17) is 10.6 Å². The summed E-state index contributed by atoms with van der Waals surface area (Å²) in [6.45, 7) is 7.04. The van der Waals surface area contributed by atoms with Crippen molar-refractivity contribution in [2.24, 2.45) is 35.3 Å². The van der Waals surface area contributed by atoms with Gasteiger partial charge in [-0.15, -0.1) is 0 Å². The zero-order valence-electron chi connectivity index (χ0n) is 20.6. The number of nitrogens with zero attached hydrogens (tertiary/aromatic N) is 2. The Morgan fingerprint density at radius 2 is 1.55 bits per heavy atom. The number of hydrogen-bond acceptors (Lipinski definition) is 5. The van der Waals surface area contributed by atoms with E-state index < -0.39 is 5.54 Å². The summed E-state index contributed by atoms with van der Waals surface area (Å²) in [4.78, 5) is 35.4. The van der Waals surface area contributed by atoms with Crippen LogP contribution in [0.3, 0.4) is 0 Å². The first-order valence-electron chi connectivity index (χ1n) is 13.6. The average molecular weight is 461 g/mol. The zero-order chi connectivity index (χ0) is 23.2. The molecule has 7 unspecified atom stereocenters. The van der Waals surface area contributed by atoms with E-state index in [0.29, 0.717) is 50.1 Å². The van der Waals surface area contributed by atoms with Gasteiger partial charge in [-0.3, -0.25) is 14.4 Å². The van der Waals surface area contributed by atoms with Crippen LogP contribution in [0.1, 0.15) is 78.1 Å². The van der Waals surface area contributed by atoms with Crippen molar-refractivity contribution in [3.63, 3.8) is 0 Å². The van der Waals surface area contributed by atoms with Crippen LogP contribution in [0.15, 0.2) is 0 Å². The lowest BCUT2D eigenvalue weighted by molar-refractivity contribution is -0.145. The lowest BCUT2D eigenvalue weighted by atomic mass is 9.64. The minimum Gasteiger partial charge on any atom is -0.339 e. The Labute approximate surface area is 199 Å². The van der Waals surface area contributed by atoms with Crippen molar-refractivity contribution in [2.45, 2.75) is 95.7 Å².